The fourth-order valence-electron chi connectivity index (χ4n) is 1.02. The maximum Gasteiger partial charge on any atom is 0.126 e. The lowest BCUT2D eigenvalue weighted by molar-refractivity contribution is 0.676. The van der Waals surface area contributed by atoms with E-state index in [1.807, 2.05) is 19.1 Å². The highest BCUT2D eigenvalue weighted by Gasteiger charge is 2.15. The molecule has 2 unspecified atom stereocenters. The number of hydrogen-bond donors (Lipinski definition) is 0. The molecule has 4 heteroatoms. The van der Waals surface area contributed by atoms with E-state index >= 15 is 0 Å². The van der Waals surface area contributed by atoms with Crippen molar-refractivity contribution in [2.24, 2.45) is 0 Å². The molecule has 0 aliphatic heterocycles. The molecular weight excluding hydrogens is 262 g/mol. The fraction of sp³-hybridized carbons (Fsp3) is 0.300. The lowest BCUT2D eigenvalue weighted by Gasteiger charge is -2.05. The summed E-state index contributed by atoms with van der Waals surface area (Å²) in [7, 11) is -1.21. The SMILES string of the molecule is CCC(C#N)S(=O)c1ccc(Br)cc1. The first-order valence-corrected chi connectivity index (χ1v) is 6.25. The van der Waals surface area contributed by atoms with E-state index in [0.29, 0.717) is 11.3 Å². The van der Waals surface area contributed by atoms with Crippen molar-refractivity contribution in [2.45, 2.75) is 23.5 Å². The van der Waals surface area contributed by atoms with Gasteiger partial charge in [0.2, 0.25) is 0 Å². The second-order valence-corrected chi connectivity index (χ2v) is 5.33. The van der Waals surface area contributed by atoms with E-state index in [4.69, 9.17) is 5.26 Å². The van der Waals surface area contributed by atoms with E-state index in [-0.39, 0.29) is 0 Å². The van der Waals surface area contributed by atoms with Crippen molar-refractivity contribution in [3.05, 3.63) is 28.7 Å². The second-order valence-electron chi connectivity index (χ2n) is 2.78. The average Bonchev–Trinajstić information content (AvgIpc) is 2.20. The molecule has 14 heavy (non-hydrogen) atoms. The minimum absolute atomic E-state index is 0.406. The number of halogens is 1. The lowest BCUT2D eigenvalue weighted by Crippen LogP contribution is -2.11. The molecule has 0 saturated carbocycles. The van der Waals surface area contributed by atoms with Crippen LogP contribution in [-0.2, 0) is 10.8 Å². The summed E-state index contributed by atoms with van der Waals surface area (Å²) in [4.78, 5) is 0.710. The first kappa shape index (κ1) is 11.4. The third kappa shape index (κ3) is 2.66. The van der Waals surface area contributed by atoms with Gasteiger partial charge >= 0.3 is 0 Å². The highest BCUT2D eigenvalue weighted by atomic mass is 79.9. The van der Waals surface area contributed by atoms with Crippen LogP contribution >= 0.6 is 15.9 Å². The van der Waals surface area contributed by atoms with Crippen molar-refractivity contribution < 1.29 is 4.21 Å². The average molecular weight is 272 g/mol. The molecule has 0 aliphatic rings. The van der Waals surface area contributed by atoms with Gasteiger partial charge in [0.15, 0.2) is 0 Å². The van der Waals surface area contributed by atoms with Gasteiger partial charge in [-0.15, -0.1) is 0 Å². The summed E-state index contributed by atoms with van der Waals surface area (Å²) in [5, 5.41) is 8.35. The van der Waals surface area contributed by atoms with E-state index in [0.717, 1.165) is 4.47 Å². The summed E-state index contributed by atoms with van der Waals surface area (Å²) < 4.78 is 12.7. The standard InChI is InChI=1S/C10H10BrNOS/c1-2-9(7-12)14(13)10-5-3-8(11)4-6-10/h3-6,9H,2H2,1H3. The zero-order valence-electron chi connectivity index (χ0n) is 7.74. The van der Waals surface area contributed by atoms with E-state index < -0.39 is 16.0 Å². The largest absolute Gasteiger partial charge is 0.253 e. The molecule has 0 N–H and O–H groups in total. The van der Waals surface area contributed by atoms with Crippen LogP contribution in [0.2, 0.25) is 0 Å². The molecule has 1 aromatic rings. The highest BCUT2D eigenvalue weighted by Crippen LogP contribution is 2.16. The van der Waals surface area contributed by atoms with Crippen molar-refractivity contribution in [1.29, 1.82) is 5.26 Å². The van der Waals surface area contributed by atoms with Crippen LogP contribution in [-0.4, -0.2) is 9.46 Å². The summed E-state index contributed by atoms with van der Waals surface area (Å²) in [6.07, 6.45) is 0.610. The zero-order valence-corrected chi connectivity index (χ0v) is 10.1. The van der Waals surface area contributed by atoms with Crippen molar-refractivity contribution in [1.82, 2.24) is 0 Å². The summed E-state index contributed by atoms with van der Waals surface area (Å²) in [5.74, 6) is 0. The normalized spacial score (nSPS) is 14.4. The van der Waals surface area contributed by atoms with Crippen molar-refractivity contribution in [3.8, 4) is 6.07 Å². The second kappa shape index (κ2) is 5.28. The minimum atomic E-state index is -1.21. The Labute approximate surface area is 94.5 Å². The van der Waals surface area contributed by atoms with Gasteiger partial charge in [-0.1, -0.05) is 22.9 Å². The van der Waals surface area contributed by atoms with Crippen LogP contribution in [0.5, 0.6) is 0 Å². The van der Waals surface area contributed by atoms with Crippen molar-refractivity contribution >= 4 is 26.7 Å². The van der Waals surface area contributed by atoms with Gasteiger partial charge in [0.05, 0.1) is 16.9 Å². The molecule has 2 atom stereocenters. The Morgan fingerprint density at radius 2 is 2.07 bits per heavy atom. The third-order valence-corrected chi connectivity index (χ3v) is 4.04. The first-order chi connectivity index (χ1) is 6.69. The summed E-state index contributed by atoms with van der Waals surface area (Å²) in [6, 6.07) is 9.27. The Balaban J connectivity index is 2.90. The molecule has 0 fully saturated rings. The predicted octanol–water partition coefficient (Wildman–Crippen LogP) is 2.86. The monoisotopic (exact) mass is 271 g/mol. The summed E-state index contributed by atoms with van der Waals surface area (Å²) >= 11 is 3.30. The van der Waals surface area contributed by atoms with Crippen LogP contribution in [0.1, 0.15) is 13.3 Å². The fourth-order valence-corrected chi connectivity index (χ4v) is 2.42. The van der Waals surface area contributed by atoms with E-state index in [1.54, 1.807) is 12.1 Å². The van der Waals surface area contributed by atoms with Gasteiger partial charge in [-0.05, 0) is 30.7 Å². The van der Waals surface area contributed by atoms with Gasteiger partial charge in [0, 0.05) is 9.37 Å². The van der Waals surface area contributed by atoms with E-state index in [9.17, 15) is 4.21 Å². The van der Waals surface area contributed by atoms with Gasteiger partial charge in [-0.2, -0.15) is 5.26 Å². The summed E-state index contributed by atoms with van der Waals surface area (Å²) in [5.41, 5.74) is 0. The number of nitrogens with zero attached hydrogens (tertiary/aromatic N) is 1. The Hall–Kier alpha value is -0.660. The van der Waals surface area contributed by atoms with Gasteiger partial charge in [-0.25, -0.2) is 0 Å². The first-order valence-electron chi connectivity index (χ1n) is 4.24. The van der Waals surface area contributed by atoms with Crippen molar-refractivity contribution in [2.75, 3.05) is 0 Å². The molecule has 74 valence electrons. The Morgan fingerprint density at radius 3 is 2.50 bits per heavy atom. The molecule has 0 bridgehead atoms. The van der Waals surface area contributed by atoms with Crippen LogP contribution in [0.3, 0.4) is 0 Å². The topological polar surface area (TPSA) is 40.9 Å². The van der Waals surface area contributed by atoms with Gasteiger partial charge < -0.3 is 0 Å². The summed E-state index contributed by atoms with van der Waals surface area (Å²) in [6.45, 7) is 1.87. The lowest BCUT2D eigenvalue weighted by atomic mass is 10.4. The molecular formula is C10H10BrNOS. The van der Waals surface area contributed by atoms with Gasteiger partial charge in [0.25, 0.3) is 0 Å². The van der Waals surface area contributed by atoms with Crippen LogP contribution in [0.25, 0.3) is 0 Å². The molecule has 0 spiro atoms. The number of rotatable bonds is 3. The smallest absolute Gasteiger partial charge is 0.126 e. The number of nitriles is 1. The molecule has 0 saturated heterocycles. The van der Waals surface area contributed by atoms with Crippen LogP contribution < -0.4 is 0 Å². The third-order valence-electron chi connectivity index (χ3n) is 1.82. The molecule has 0 aliphatic carbocycles. The van der Waals surface area contributed by atoms with Crippen molar-refractivity contribution in [3.63, 3.8) is 0 Å². The Bertz CT molecular complexity index is 369. The quantitative estimate of drug-likeness (QED) is 0.848. The molecule has 1 aromatic carbocycles. The number of benzene rings is 1. The molecule has 0 amide bonds. The van der Waals surface area contributed by atoms with Crippen LogP contribution in [0, 0.1) is 11.3 Å². The molecule has 0 radical (unpaired) electrons. The Morgan fingerprint density at radius 1 is 1.50 bits per heavy atom. The maximum atomic E-state index is 11.8. The van der Waals surface area contributed by atoms with E-state index in [1.165, 1.54) is 0 Å². The van der Waals surface area contributed by atoms with Gasteiger partial charge in [0.1, 0.15) is 5.25 Å². The highest BCUT2D eigenvalue weighted by molar-refractivity contribution is 9.10. The van der Waals surface area contributed by atoms with Gasteiger partial charge in [-0.3, -0.25) is 4.21 Å². The van der Waals surface area contributed by atoms with E-state index in [2.05, 4.69) is 22.0 Å². The number of hydrogen-bond acceptors (Lipinski definition) is 2. The zero-order chi connectivity index (χ0) is 10.6. The molecule has 0 aromatic heterocycles. The van der Waals surface area contributed by atoms with Crippen LogP contribution in [0.15, 0.2) is 33.6 Å². The Kier molecular flexibility index (Phi) is 4.30. The molecule has 0 heterocycles. The molecule has 1 rings (SSSR count). The molecule has 2 nitrogen and oxygen atoms in total. The van der Waals surface area contributed by atoms with Crippen LogP contribution in [0.4, 0.5) is 0 Å². The predicted molar refractivity (Wildman–Crippen MR) is 60.2 cm³/mol. The maximum absolute atomic E-state index is 11.8. The minimum Gasteiger partial charge on any atom is -0.253 e.